The molecule has 0 aromatic heterocycles. The van der Waals surface area contributed by atoms with E-state index in [-0.39, 0.29) is 35.9 Å². The number of aromatic hydroxyl groups is 1. The zero-order valence-corrected chi connectivity index (χ0v) is 26.8. The minimum Gasteiger partial charge on any atom is -0.508 e. The molecule has 2 amide bonds. The lowest BCUT2D eigenvalue weighted by Gasteiger charge is -2.28. The van der Waals surface area contributed by atoms with Crippen LogP contribution in [0.2, 0.25) is 0 Å². The number of hydrazine groups is 1. The molecule has 11 heteroatoms. The van der Waals surface area contributed by atoms with Gasteiger partial charge in [0.15, 0.2) is 0 Å². The highest BCUT2D eigenvalue weighted by molar-refractivity contribution is 7.88. The van der Waals surface area contributed by atoms with Crippen LogP contribution in [-0.4, -0.2) is 79.2 Å². The molecule has 0 heterocycles. The molecule has 0 radical (unpaired) electrons. The van der Waals surface area contributed by atoms with E-state index in [4.69, 9.17) is 6.42 Å². The molecule has 3 aromatic rings. The molecule has 0 bridgehead atoms. The number of phenolic OH excluding ortho intramolecular Hbond substituents is 1. The van der Waals surface area contributed by atoms with Gasteiger partial charge in [-0.3, -0.25) is 9.59 Å². The van der Waals surface area contributed by atoms with Gasteiger partial charge in [0, 0.05) is 43.4 Å². The minimum absolute atomic E-state index is 0.0657. The normalized spacial score (nSPS) is 12.7. The fourth-order valence-electron chi connectivity index (χ4n) is 4.93. The summed E-state index contributed by atoms with van der Waals surface area (Å²) in [6.07, 6.45) is 6.17. The van der Waals surface area contributed by atoms with Crippen molar-refractivity contribution in [2.24, 2.45) is 0 Å². The Morgan fingerprint density at radius 2 is 1.56 bits per heavy atom. The van der Waals surface area contributed by atoms with Crippen molar-refractivity contribution in [3.63, 3.8) is 0 Å². The number of sulfonamides is 1. The Hall–Kier alpha value is -4.21. The molecule has 0 aliphatic carbocycles. The van der Waals surface area contributed by atoms with Gasteiger partial charge in [0.05, 0.1) is 17.9 Å². The SMILES string of the molecule is C#Cc1cc(C(=O)NC(Cc2ccc(O)cc2)C(O)CN(C)NS(=O)(=O)Cc2ccccc2)cc(C(=O)N(CCC)CCC)c1. The number of aliphatic hydroxyl groups is 1. The second kappa shape index (κ2) is 16.7. The van der Waals surface area contributed by atoms with Crippen molar-refractivity contribution in [2.75, 3.05) is 26.7 Å². The molecule has 0 aliphatic heterocycles. The molecular formula is C34H42N4O6S. The van der Waals surface area contributed by atoms with Gasteiger partial charge in [-0.25, -0.2) is 13.4 Å². The van der Waals surface area contributed by atoms with Crippen LogP contribution >= 0.6 is 0 Å². The first-order valence-electron chi connectivity index (χ1n) is 14.9. The number of aliphatic hydroxyl groups excluding tert-OH is 1. The molecule has 45 heavy (non-hydrogen) atoms. The van der Waals surface area contributed by atoms with E-state index in [1.165, 1.54) is 36.3 Å². The van der Waals surface area contributed by atoms with Gasteiger partial charge < -0.3 is 20.4 Å². The Balaban J connectivity index is 1.83. The lowest BCUT2D eigenvalue weighted by Crippen LogP contribution is -2.52. The summed E-state index contributed by atoms with van der Waals surface area (Å²) in [5.74, 6) is 1.54. The monoisotopic (exact) mass is 634 g/mol. The van der Waals surface area contributed by atoms with Crippen molar-refractivity contribution in [2.45, 2.75) is 51.0 Å². The van der Waals surface area contributed by atoms with E-state index < -0.39 is 28.1 Å². The summed E-state index contributed by atoms with van der Waals surface area (Å²) < 4.78 is 25.5. The third-order valence-corrected chi connectivity index (χ3v) is 8.31. The maximum Gasteiger partial charge on any atom is 0.253 e. The molecule has 0 saturated carbocycles. The average molecular weight is 635 g/mol. The molecule has 0 saturated heterocycles. The first-order valence-corrected chi connectivity index (χ1v) is 16.5. The molecule has 3 aromatic carbocycles. The van der Waals surface area contributed by atoms with Gasteiger partial charge in [-0.05, 0) is 60.7 Å². The van der Waals surface area contributed by atoms with E-state index in [0.717, 1.165) is 12.8 Å². The molecule has 2 unspecified atom stereocenters. The topological polar surface area (TPSA) is 139 Å². The second-order valence-corrected chi connectivity index (χ2v) is 12.7. The number of amides is 2. The standard InChI is InChI=1S/C34H42N4O6S/c1-5-17-38(18-6-2)34(42)29-20-25(7-3)19-28(22-29)33(41)35-31(21-26-13-15-30(39)16-14-26)32(40)23-37(4)36-45(43,44)24-27-11-9-8-10-12-27/h3,8-16,19-20,22,31-32,36,39-40H,5-6,17-18,21,23-24H2,1-2,4H3,(H,35,41). The van der Waals surface area contributed by atoms with Gasteiger partial charge in [0.2, 0.25) is 10.0 Å². The van der Waals surface area contributed by atoms with Gasteiger partial charge in [-0.15, -0.1) is 11.3 Å². The fraction of sp³-hybridized carbons (Fsp3) is 0.353. The summed E-state index contributed by atoms with van der Waals surface area (Å²) >= 11 is 0. The molecule has 240 valence electrons. The summed E-state index contributed by atoms with van der Waals surface area (Å²) in [5.41, 5.74) is 2.13. The molecule has 0 aliphatic rings. The number of terminal acetylenes is 1. The Kier molecular flexibility index (Phi) is 13.1. The van der Waals surface area contributed by atoms with E-state index in [2.05, 4.69) is 16.1 Å². The molecule has 4 N–H and O–H groups in total. The molecule has 3 rings (SSSR count). The Morgan fingerprint density at radius 1 is 0.933 bits per heavy atom. The highest BCUT2D eigenvalue weighted by Gasteiger charge is 2.26. The zero-order valence-electron chi connectivity index (χ0n) is 25.9. The highest BCUT2D eigenvalue weighted by atomic mass is 32.2. The summed E-state index contributed by atoms with van der Waals surface area (Å²) in [6.45, 7) is 4.94. The summed E-state index contributed by atoms with van der Waals surface area (Å²) in [6, 6.07) is 18.7. The largest absolute Gasteiger partial charge is 0.508 e. The summed E-state index contributed by atoms with van der Waals surface area (Å²) in [5, 5.41) is 25.1. The number of nitrogens with one attached hydrogen (secondary N) is 2. The second-order valence-electron chi connectivity index (χ2n) is 11.0. The van der Waals surface area contributed by atoms with Crippen molar-refractivity contribution < 1.29 is 28.2 Å². The van der Waals surface area contributed by atoms with E-state index in [0.29, 0.717) is 35.3 Å². The summed E-state index contributed by atoms with van der Waals surface area (Å²) in [7, 11) is -2.29. The van der Waals surface area contributed by atoms with Gasteiger partial charge in [0.1, 0.15) is 5.75 Å². The van der Waals surface area contributed by atoms with Gasteiger partial charge in [0.25, 0.3) is 11.8 Å². The van der Waals surface area contributed by atoms with Crippen molar-refractivity contribution in [1.82, 2.24) is 20.1 Å². The van der Waals surface area contributed by atoms with Crippen molar-refractivity contribution in [3.05, 3.63) is 101 Å². The van der Waals surface area contributed by atoms with Crippen LogP contribution in [0, 0.1) is 12.3 Å². The Morgan fingerprint density at radius 3 is 2.16 bits per heavy atom. The first kappa shape index (κ1) is 35.3. The smallest absolute Gasteiger partial charge is 0.253 e. The van der Waals surface area contributed by atoms with Crippen LogP contribution < -0.4 is 10.1 Å². The van der Waals surface area contributed by atoms with Crippen molar-refractivity contribution in [1.29, 1.82) is 0 Å². The lowest BCUT2D eigenvalue weighted by molar-refractivity contribution is 0.0687. The van der Waals surface area contributed by atoms with E-state index in [1.807, 2.05) is 13.8 Å². The predicted octanol–water partition coefficient (Wildman–Crippen LogP) is 3.30. The Labute approximate surface area is 266 Å². The lowest BCUT2D eigenvalue weighted by atomic mass is 9.99. The third-order valence-electron chi connectivity index (χ3n) is 7.01. The van der Waals surface area contributed by atoms with Crippen LogP contribution in [0.4, 0.5) is 0 Å². The van der Waals surface area contributed by atoms with Crippen molar-refractivity contribution in [3.8, 4) is 18.1 Å². The van der Waals surface area contributed by atoms with Crippen LogP contribution in [0.5, 0.6) is 5.75 Å². The fourth-order valence-corrected chi connectivity index (χ4v) is 6.18. The highest BCUT2D eigenvalue weighted by Crippen LogP contribution is 2.17. The van der Waals surface area contributed by atoms with Gasteiger partial charge >= 0.3 is 0 Å². The molecule has 0 spiro atoms. The van der Waals surface area contributed by atoms with Crippen LogP contribution in [-0.2, 0) is 22.2 Å². The first-order chi connectivity index (χ1) is 21.4. The number of carbonyl (C=O) groups is 2. The number of hydrogen-bond donors (Lipinski definition) is 4. The Bertz CT molecular complexity index is 1570. The molecule has 0 fully saturated rings. The van der Waals surface area contributed by atoms with Crippen molar-refractivity contribution >= 4 is 21.8 Å². The van der Waals surface area contributed by atoms with Gasteiger partial charge in [-0.1, -0.05) is 62.2 Å². The molecular weight excluding hydrogens is 592 g/mol. The van der Waals surface area contributed by atoms with Crippen LogP contribution in [0.15, 0.2) is 72.8 Å². The van der Waals surface area contributed by atoms with E-state index in [9.17, 15) is 28.2 Å². The average Bonchev–Trinajstić information content (AvgIpc) is 3.00. The van der Waals surface area contributed by atoms with Crippen LogP contribution in [0.1, 0.15) is 64.1 Å². The number of carbonyl (C=O) groups excluding carboxylic acids is 2. The van der Waals surface area contributed by atoms with Crippen LogP contribution in [0.25, 0.3) is 0 Å². The third kappa shape index (κ3) is 11.0. The number of rotatable bonds is 16. The maximum absolute atomic E-state index is 13.6. The molecule has 10 nitrogen and oxygen atoms in total. The summed E-state index contributed by atoms with van der Waals surface area (Å²) in [4.78, 5) is 31.1. The quantitative estimate of drug-likeness (QED) is 0.140. The predicted molar refractivity (Wildman–Crippen MR) is 175 cm³/mol. The molecule has 2 atom stereocenters. The van der Waals surface area contributed by atoms with E-state index in [1.54, 1.807) is 53.4 Å². The van der Waals surface area contributed by atoms with E-state index >= 15 is 0 Å². The van der Waals surface area contributed by atoms with Gasteiger partial charge in [-0.2, -0.15) is 0 Å². The van der Waals surface area contributed by atoms with Crippen LogP contribution in [0.3, 0.4) is 0 Å². The number of likely N-dealkylation sites (N-methyl/N-ethyl adjacent to an activating group) is 1. The zero-order chi connectivity index (χ0) is 33.0. The number of phenols is 1. The number of nitrogens with zero attached hydrogens (tertiary/aromatic N) is 2. The number of hydrogen-bond acceptors (Lipinski definition) is 7. The number of benzene rings is 3. The maximum atomic E-state index is 13.6. The minimum atomic E-state index is -3.78.